The van der Waals surface area contributed by atoms with Crippen LogP contribution in [0.4, 0.5) is 0 Å². The predicted molar refractivity (Wildman–Crippen MR) is 340 cm³/mol. The zero-order chi connectivity index (χ0) is 70.8. The zero-order valence-corrected chi connectivity index (χ0v) is 55.8. The third kappa shape index (κ3) is 29.4. The van der Waals surface area contributed by atoms with Gasteiger partial charge < -0.3 is 83.7 Å². The van der Waals surface area contributed by atoms with E-state index in [1.165, 1.54) is 48.6 Å². The number of hydrogen-bond acceptors (Lipinski definition) is 16. The van der Waals surface area contributed by atoms with Gasteiger partial charge in [-0.1, -0.05) is 88.4 Å². The molecule has 2 aromatic rings. The van der Waals surface area contributed by atoms with Crippen LogP contribution >= 0.6 is 0 Å². The van der Waals surface area contributed by atoms with E-state index >= 15 is 0 Å². The number of ether oxygens (including phenoxy) is 1. The second-order valence-electron chi connectivity index (χ2n) is 25.3. The van der Waals surface area contributed by atoms with Gasteiger partial charge in [0.15, 0.2) is 0 Å². The molecule has 516 valence electrons. The summed E-state index contributed by atoms with van der Waals surface area (Å²) in [5, 5.41) is 44.9. The van der Waals surface area contributed by atoms with Crippen molar-refractivity contribution in [2.24, 2.45) is 17.6 Å². The maximum Gasteiger partial charge on any atom is 0.305 e. The van der Waals surface area contributed by atoms with Crippen molar-refractivity contribution in [3.05, 3.63) is 71.8 Å². The van der Waals surface area contributed by atoms with E-state index in [1.807, 2.05) is 0 Å². The van der Waals surface area contributed by atoms with Gasteiger partial charge in [-0.15, -0.1) is 0 Å². The number of nitrogens with two attached hydrogens (primary N) is 1. The molecule has 30 heteroatoms. The number of benzene rings is 2. The van der Waals surface area contributed by atoms with E-state index in [2.05, 4.69) is 53.2 Å². The summed E-state index contributed by atoms with van der Waals surface area (Å²) in [6, 6.07) is 3.31. The van der Waals surface area contributed by atoms with E-state index in [1.54, 1.807) is 109 Å². The number of carboxylic acids is 1. The standard InChI is InChI=1S/C63H97N13O17/c1-34(2)26-42(70-49(79)32-66-58(88)46(28-41-24-20-17-21-25-41)76(15)60(90)38(7)69-52(82)36(5)67-48(78)30-63(12,13)92)56(86)68-37(6)53(83)74-51(35(3)4)59(89)71-43(27-40-22-18-16-19-23-40)57(87)72-44(29-50(80)81)61(91)75(14)39(8)54(84)73-45(33-93-62(9,10)11)55(85)65-31-47(64)77/h16-25,34-39,42-46,51,92H,26-33H2,1-15H3,(H2,64,77)(H,65,85)(H,66,88)(H,67,78)(H,68,86)(H,69,82)(H,70,79)(H,71,89)(H,72,87)(H,73,84)(H,74,83)(H,80,81)/t36-,37-,38-,39-,42-,43-,44-,45-,46-,51-/m0/s1. The molecule has 30 nitrogen and oxygen atoms in total. The number of rotatable bonds is 37. The van der Waals surface area contributed by atoms with Crippen LogP contribution in [0.3, 0.4) is 0 Å². The molecule has 0 heterocycles. The van der Waals surface area contributed by atoms with Crippen molar-refractivity contribution in [2.45, 2.75) is 194 Å². The zero-order valence-electron chi connectivity index (χ0n) is 55.8. The molecular formula is C63H97N13O17. The van der Waals surface area contributed by atoms with Gasteiger partial charge in [0.1, 0.15) is 60.4 Å². The number of hydrogen-bond donors (Lipinski definition) is 13. The summed E-state index contributed by atoms with van der Waals surface area (Å²) in [5.74, 6) is -13.2. The van der Waals surface area contributed by atoms with Crippen molar-refractivity contribution in [3.8, 4) is 0 Å². The molecule has 13 amide bonds. The Morgan fingerprint density at radius 3 is 1.52 bits per heavy atom. The van der Waals surface area contributed by atoms with Crippen molar-refractivity contribution in [1.29, 1.82) is 0 Å². The number of nitrogens with one attached hydrogen (secondary N) is 10. The number of aliphatic hydroxyl groups is 1. The van der Waals surface area contributed by atoms with E-state index in [9.17, 15) is 77.3 Å². The Kier molecular flexibility index (Phi) is 32.2. The van der Waals surface area contributed by atoms with Crippen LogP contribution < -0.4 is 58.9 Å². The van der Waals surface area contributed by atoms with Gasteiger partial charge in [-0.05, 0) is 91.7 Å². The minimum Gasteiger partial charge on any atom is -0.481 e. The number of primary amides is 1. The average molecular weight is 1310 g/mol. The van der Waals surface area contributed by atoms with Gasteiger partial charge in [0.2, 0.25) is 76.8 Å². The van der Waals surface area contributed by atoms with Crippen LogP contribution in [-0.2, 0) is 84.7 Å². The number of carboxylic acid groups (broad SMARTS) is 1. The molecule has 0 aliphatic carbocycles. The normalized spacial score (nSPS) is 14.6. The Bertz CT molecular complexity index is 2940. The Labute approximate surface area is 542 Å². The van der Waals surface area contributed by atoms with Gasteiger partial charge in [0, 0.05) is 26.9 Å². The van der Waals surface area contributed by atoms with Crippen molar-refractivity contribution in [2.75, 3.05) is 33.8 Å². The third-order valence-electron chi connectivity index (χ3n) is 14.2. The lowest BCUT2D eigenvalue weighted by atomic mass is 10.00. The molecule has 14 N–H and O–H groups in total. The Morgan fingerprint density at radius 1 is 0.505 bits per heavy atom. The summed E-state index contributed by atoms with van der Waals surface area (Å²) in [4.78, 5) is 189. The molecule has 0 spiro atoms. The Balaban J connectivity index is 2.29. The fourth-order valence-electron chi connectivity index (χ4n) is 8.97. The summed E-state index contributed by atoms with van der Waals surface area (Å²) in [7, 11) is 2.51. The molecule has 0 fully saturated rings. The van der Waals surface area contributed by atoms with Crippen LogP contribution in [0.15, 0.2) is 60.7 Å². The van der Waals surface area contributed by atoms with E-state index < -0.39 is 180 Å². The summed E-state index contributed by atoms with van der Waals surface area (Å²) in [6.45, 7) is 18.5. The maximum atomic E-state index is 14.3. The molecule has 0 bridgehead atoms. The van der Waals surface area contributed by atoms with Crippen LogP contribution in [0.1, 0.15) is 120 Å². The molecule has 10 atom stereocenters. The van der Waals surface area contributed by atoms with E-state index in [0.717, 1.165) is 16.8 Å². The lowest BCUT2D eigenvalue weighted by Crippen LogP contribution is -2.61. The van der Waals surface area contributed by atoms with E-state index in [-0.39, 0.29) is 38.2 Å². The van der Waals surface area contributed by atoms with Crippen molar-refractivity contribution in [3.63, 3.8) is 0 Å². The molecule has 0 aliphatic heterocycles. The number of aliphatic carboxylic acids is 1. The van der Waals surface area contributed by atoms with Crippen LogP contribution in [0.2, 0.25) is 0 Å². The first-order valence-corrected chi connectivity index (χ1v) is 30.5. The molecule has 2 rings (SSSR count). The minimum atomic E-state index is -1.83. The lowest BCUT2D eigenvalue weighted by Gasteiger charge is -2.31. The molecule has 0 unspecified atom stereocenters. The number of amides is 13. The number of carbonyl (C=O) groups excluding carboxylic acids is 13. The largest absolute Gasteiger partial charge is 0.481 e. The van der Waals surface area contributed by atoms with Crippen LogP contribution in [0.5, 0.6) is 0 Å². The smallest absolute Gasteiger partial charge is 0.305 e. The lowest BCUT2D eigenvalue weighted by molar-refractivity contribution is -0.146. The first kappa shape index (κ1) is 80.0. The van der Waals surface area contributed by atoms with Crippen LogP contribution in [-0.4, -0.2) is 208 Å². The summed E-state index contributed by atoms with van der Waals surface area (Å²) in [6.07, 6.45) is -1.45. The molecule has 0 saturated heterocycles. The third-order valence-corrected chi connectivity index (χ3v) is 14.2. The fraction of sp³-hybridized carbons (Fsp3) is 0.587. The van der Waals surface area contributed by atoms with E-state index in [4.69, 9.17) is 10.5 Å². The second kappa shape index (κ2) is 37.5. The molecule has 0 saturated carbocycles. The molecule has 0 aliphatic rings. The average Bonchev–Trinajstić information content (AvgIpc) is 0.969. The number of carbonyl (C=O) groups is 14. The highest BCUT2D eigenvalue weighted by Gasteiger charge is 2.38. The van der Waals surface area contributed by atoms with Gasteiger partial charge >= 0.3 is 5.97 Å². The molecule has 0 radical (unpaired) electrons. The monoisotopic (exact) mass is 1310 g/mol. The van der Waals surface area contributed by atoms with Gasteiger partial charge in [-0.3, -0.25) is 67.1 Å². The summed E-state index contributed by atoms with van der Waals surface area (Å²) in [5.41, 5.74) is 4.22. The van der Waals surface area contributed by atoms with Gasteiger partial charge in [-0.25, -0.2) is 0 Å². The molecule has 93 heavy (non-hydrogen) atoms. The maximum absolute atomic E-state index is 14.3. The first-order chi connectivity index (χ1) is 43.1. The second-order valence-corrected chi connectivity index (χ2v) is 25.3. The first-order valence-electron chi connectivity index (χ1n) is 30.5. The van der Waals surface area contributed by atoms with Crippen LogP contribution in [0, 0.1) is 11.8 Å². The van der Waals surface area contributed by atoms with Gasteiger partial charge in [0.25, 0.3) is 0 Å². The Morgan fingerprint density at radius 2 is 1.00 bits per heavy atom. The topological polar surface area (TPSA) is 441 Å². The quantitative estimate of drug-likeness (QED) is 0.0346. The van der Waals surface area contributed by atoms with E-state index in [0.29, 0.717) is 11.1 Å². The molecule has 2 aromatic carbocycles. The molecule has 0 aromatic heterocycles. The highest BCUT2D eigenvalue weighted by atomic mass is 16.5. The van der Waals surface area contributed by atoms with Gasteiger partial charge in [0.05, 0.1) is 43.7 Å². The van der Waals surface area contributed by atoms with Crippen LogP contribution in [0.25, 0.3) is 0 Å². The fourth-order valence-corrected chi connectivity index (χ4v) is 8.97. The summed E-state index contributed by atoms with van der Waals surface area (Å²) >= 11 is 0. The highest BCUT2D eigenvalue weighted by Crippen LogP contribution is 2.15. The Hall–Kier alpha value is -9.06. The summed E-state index contributed by atoms with van der Waals surface area (Å²) < 4.78 is 5.69. The van der Waals surface area contributed by atoms with Crippen molar-refractivity contribution < 1.29 is 82.1 Å². The number of likely N-dealkylation sites (N-methyl/N-ethyl adjacent to an activating group) is 2. The SMILES string of the molecule is CC(C)C[C@H](NC(=O)CNC(=O)[C@H](Cc1ccccc1)N(C)C(=O)[C@H](C)NC(=O)[C@H](C)NC(=O)CC(C)(C)O)C(=O)N[C@@H](C)C(=O)N[C@H](C(=O)N[C@@H](Cc1ccccc1)C(=O)N[C@@H](CC(=O)O)C(=O)N(C)[C@@H](C)C(=O)N[C@@H](COC(C)(C)C)C(=O)NCC(N)=O)C(C)C. The van der Waals surface area contributed by atoms with Crippen molar-refractivity contribution >= 4 is 82.8 Å². The molecular weight excluding hydrogens is 1210 g/mol. The predicted octanol–water partition coefficient (Wildman–Crippen LogP) is -2.05. The minimum absolute atomic E-state index is 0.0210. The number of nitrogens with zero attached hydrogens (tertiary/aromatic N) is 2. The van der Waals surface area contributed by atoms with Gasteiger partial charge in [-0.2, -0.15) is 0 Å². The highest BCUT2D eigenvalue weighted by molar-refractivity contribution is 5.99. The van der Waals surface area contributed by atoms with Crippen molar-refractivity contribution in [1.82, 2.24) is 63.0 Å².